The summed E-state index contributed by atoms with van der Waals surface area (Å²) >= 11 is 0. The zero-order valence-electron chi connectivity index (χ0n) is 9.03. The zero-order chi connectivity index (χ0) is 12.0. The Bertz CT molecular complexity index is 443. The maximum atomic E-state index is 10.9. The van der Waals surface area contributed by atoms with Crippen LogP contribution in [0.25, 0.3) is 0 Å². The number of carbonyl (C=O) groups excluding carboxylic acids is 1. The largest absolute Gasteiger partial charge is 0.383 e. The molecule has 0 bridgehead atoms. The summed E-state index contributed by atoms with van der Waals surface area (Å²) in [5.74, 6) is -0.708. The van der Waals surface area contributed by atoms with E-state index in [2.05, 4.69) is 5.32 Å². The molecule has 4 heteroatoms. The number of rotatable bonds is 4. The van der Waals surface area contributed by atoms with Crippen molar-refractivity contribution in [2.75, 3.05) is 0 Å². The van der Waals surface area contributed by atoms with E-state index < -0.39 is 5.91 Å². The van der Waals surface area contributed by atoms with Crippen molar-refractivity contribution in [3.63, 3.8) is 0 Å². The van der Waals surface area contributed by atoms with Crippen molar-refractivity contribution < 1.29 is 4.79 Å². The maximum Gasteiger partial charge on any atom is 0.261 e. The highest BCUT2D eigenvalue weighted by Gasteiger charge is 2.07. The first kappa shape index (κ1) is 11.8. The fourth-order valence-corrected chi connectivity index (χ4v) is 1.24. The third kappa shape index (κ3) is 3.14. The molecule has 1 rings (SSSR count). The summed E-state index contributed by atoms with van der Waals surface area (Å²) in [5, 5.41) is 11.7. The molecule has 0 heterocycles. The summed E-state index contributed by atoms with van der Waals surface area (Å²) in [5.41, 5.74) is 6.60. The molecule has 1 amide bonds. The molecule has 1 aromatic rings. The van der Waals surface area contributed by atoms with E-state index in [0.29, 0.717) is 12.2 Å². The van der Waals surface area contributed by atoms with Gasteiger partial charge in [-0.3, -0.25) is 4.79 Å². The second-order valence-electron chi connectivity index (χ2n) is 3.32. The van der Waals surface area contributed by atoms with E-state index in [9.17, 15) is 4.79 Å². The van der Waals surface area contributed by atoms with E-state index in [1.807, 2.05) is 30.3 Å². The molecule has 0 atom stereocenters. The number of allylic oxidation sites excluding steroid dienone is 1. The van der Waals surface area contributed by atoms with Gasteiger partial charge in [-0.2, -0.15) is 5.26 Å². The molecule has 0 aliphatic heterocycles. The van der Waals surface area contributed by atoms with Crippen molar-refractivity contribution in [2.45, 2.75) is 13.5 Å². The van der Waals surface area contributed by atoms with Crippen LogP contribution in [-0.4, -0.2) is 5.91 Å². The molecule has 0 fully saturated rings. The van der Waals surface area contributed by atoms with Gasteiger partial charge in [0, 0.05) is 12.2 Å². The summed E-state index contributed by atoms with van der Waals surface area (Å²) in [6, 6.07) is 11.5. The van der Waals surface area contributed by atoms with Gasteiger partial charge in [-0.25, -0.2) is 0 Å². The Kier molecular flexibility index (Phi) is 4.10. The summed E-state index contributed by atoms with van der Waals surface area (Å²) < 4.78 is 0. The van der Waals surface area contributed by atoms with Crippen molar-refractivity contribution in [2.24, 2.45) is 5.73 Å². The van der Waals surface area contributed by atoms with Crippen molar-refractivity contribution in [1.82, 2.24) is 5.32 Å². The summed E-state index contributed by atoms with van der Waals surface area (Å²) in [4.78, 5) is 10.9. The number of hydrogen-bond donors (Lipinski definition) is 2. The van der Waals surface area contributed by atoms with Crippen molar-refractivity contribution in [1.29, 1.82) is 5.26 Å². The molecule has 0 aliphatic rings. The molecule has 3 N–H and O–H groups in total. The molecule has 0 saturated carbocycles. The number of benzene rings is 1. The first-order valence-electron chi connectivity index (χ1n) is 4.83. The minimum Gasteiger partial charge on any atom is -0.383 e. The lowest BCUT2D eigenvalue weighted by atomic mass is 10.2. The van der Waals surface area contributed by atoms with Gasteiger partial charge in [-0.15, -0.1) is 0 Å². The summed E-state index contributed by atoms with van der Waals surface area (Å²) in [7, 11) is 0. The number of primary amides is 1. The van der Waals surface area contributed by atoms with E-state index in [4.69, 9.17) is 11.0 Å². The fourth-order valence-electron chi connectivity index (χ4n) is 1.24. The predicted molar refractivity (Wildman–Crippen MR) is 60.8 cm³/mol. The van der Waals surface area contributed by atoms with Crippen LogP contribution in [0.3, 0.4) is 0 Å². The number of carbonyl (C=O) groups is 1. The fraction of sp³-hybridized carbons (Fsp3) is 0.167. The second-order valence-corrected chi connectivity index (χ2v) is 3.32. The Morgan fingerprint density at radius 3 is 2.56 bits per heavy atom. The van der Waals surface area contributed by atoms with E-state index in [1.54, 1.807) is 13.0 Å². The Morgan fingerprint density at radius 2 is 2.06 bits per heavy atom. The average molecular weight is 215 g/mol. The van der Waals surface area contributed by atoms with Crippen LogP contribution in [-0.2, 0) is 11.3 Å². The van der Waals surface area contributed by atoms with Crippen LogP contribution in [0.1, 0.15) is 12.5 Å². The van der Waals surface area contributed by atoms with Gasteiger partial charge in [0.05, 0.1) is 0 Å². The summed E-state index contributed by atoms with van der Waals surface area (Å²) in [6.45, 7) is 2.22. The molecule has 0 radical (unpaired) electrons. The Morgan fingerprint density at radius 1 is 1.44 bits per heavy atom. The van der Waals surface area contributed by atoms with Gasteiger partial charge in [-0.1, -0.05) is 30.3 Å². The number of hydrogen-bond acceptors (Lipinski definition) is 3. The van der Waals surface area contributed by atoms with Crippen LogP contribution in [0, 0.1) is 11.3 Å². The lowest BCUT2D eigenvalue weighted by molar-refractivity contribution is -0.114. The lowest BCUT2D eigenvalue weighted by Gasteiger charge is -2.07. The lowest BCUT2D eigenvalue weighted by Crippen LogP contribution is -2.20. The smallest absolute Gasteiger partial charge is 0.261 e. The quantitative estimate of drug-likeness (QED) is 0.582. The van der Waals surface area contributed by atoms with Crippen LogP contribution >= 0.6 is 0 Å². The third-order valence-electron chi connectivity index (χ3n) is 2.13. The van der Waals surface area contributed by atoms with Crippen molar-refractivity contribution in [3.8, 4) is 6.07 Å². The molecule has 4 nitrogen and oxygen atoms in total. The molecule has 0 saturated heterocycles. The second kappa shape index (κ2) is 5.56. The SMILES string of the molecule is CC(NCc1ccccc1)=C(C#N)C(N)=O. The number of nitrogens with two attached hydrogens (primary N) is 1. The van der Waals surface area contributed by atoms with Crippen molar-refractivity contribution in [3.05, 3.63) is 47.2 Å². The van der Waals surface area contributed by atoms with Gasteiger partial charge in [0.1, 0.15) is 11.6 Å². The monoisotopic (exact) mass is 215 g/mol. The number of nitrogens with one attached hydrogen (secondary N) is 1. The first-order chi connectivity index (χ1) is 7.65. The molecule has 82 valence electrons. The van der Waals surface area contributed by atoms with Crippen LogP contribution in [0.5, 0.6) is 0 Å². The topological polar surface area (TPSA) is 78.9 Å². The van der Waals surface area contributed by atoms with Gasteiger partial charge in [-0.05, 0) is 12.5 Å². The Balaban J connectivity index is 2.69. The molecule has 16 heavy (non-hydrogen) atoms. The Labute approximate surface area is 94.4 Å². The van der Waals surface area contributed by atoms with Gasteiger partial charge >= 0.3 is 0 Å². The number of nitriles is 1. The van der Waals surface area contributed by atoms with E-state index in [0.717, 1.165) is 5.56 Å². The van der Waals surface area contributed by atoms with E-state index in [1.165, 1.54) is 0 Å². The highest BCUT2D eigenvalue weighted by molar-refractivity contribution is 5.96. The minimum atomic E-state index is -0.708. The third-order valence-corrected chi connectivity index (χ3v) is 2.13. The molecule has 0 aliphatic carbocycles. The normalized spacial score (nSPS) is 11.2. The number of nitrogens with zero attached hydrogens (tertiary/aromatic N) is 1. The zero-order valence-corrected chi connectivity index (χ0v) is 9.03. The van der Waals surface area contributed by atoms with E-state index >= 15 is 0 Å². The van der Waals surface area contributed by atoms with Gasteiger partial charge in [0.25, 0.3) is 5.91 Å². The van der Waals surface area contributed by atoms with Crippen LogP contribution in [0.2, 0.25) is 0 Å². The molecule has 0 aromatic heterocycles. The predicted octanol–water partition coefficient (Wildman–Crippen LogP) is 1.06. The van der Waals surface area contributed by atoms with Crippen LogP contribution < -0.4 is 11.1 Å². The highest BCUT2D eigenvalue weighted by Crippen LogP contribution is 2.02. The summed E-state index contributed by atoms with van der Waals surface area (Å²) in [6.07, 6.45) is 0. The Hall–Kier alpha value is -2.28. The van der Waals surface area contributed by atoms with Crippen molar-refractivity contribution >= 4 is 5.91 Å². The molecule has 0 spiro atoms. The van der Waals surface area contributed by atoms with Gasteiger partial charge in [0.15, 0.2) is 0 Å². The molecular weight excluding hydrogens is 202 g/mol. The first-order valence-corrected chi connectivity index (χ1v) is 4.83. The van der Waals surface area contributed by atoms with Crippen LogP contribution in [0.4, 0.5) is 0 Å². The standard InChI is InChI=1S/C12H13N3O/c1-9(11(7-13)12(14)16)15-8-10-5-3-2-4-6-10/h2-6,15H,8H2,1H3,(H2,14,16). The number of amides is 1. The maximum absolute atomic E-state index is 10.9. The van der Waals surface area contributed by atoms with Gasteiger partial charge in [0.2, 0.25) is 0 Å². The average Bonchev–Trinajstić information content (AvgIpc) is 2.28. The van der Waals surface area contributed by atoms with E-state index in [-0.39, 0.29) is 5.57 Å². The van der Waals surface area contributed by atoms with Crippen LogP contribution in [0.15, 0.2) is 41.6 Å². The molecule has 0 unspecified atom stereocenters. The minimum absolute atomic E-state index is 0.0315. The molecular formula is C12H13N3O. The highest BCUT2D eigenvalue weighted by atomic mass is 16.1. The molecule has 1 aromatic carbocycles. The van der Waals surface area contributed by atoms with Gasteiger partial charge < -0.3 is 11.1 Å².